The van der Waals surface area contributed by atoms with E-state index in [1.165, 1.54) is 35.2 Å². The minimum Gasteiger partial charge on any atom is -0.550 e. The number of hydrogen-bond acceptors (Lipinski definition) is 8. The van der Waals surface area contributed by atoms with Gasteiger partial charge in [0.1, 0.15) is 17.3 Å². The Morgan fingerprint density at radius 3 is 2.26 bits per heavy atom. The average molecular weight is 613 g/mol. The number of benzene rings is 3. The topological polar surface area (TPSA) is 112 Å². The first-order valence-electron chi connectivity index (χ1n) is 12.9. The molecule has 224 valence electrons. The van der Waals surface area contributed by atoms with Crippen molar-refractivity contribution in [3.05, 3.63) is 77.6 Å². The number of guanidine groups is 1. The average Bonchev–Trinajstić information content (AvgIpc) is 2.96. The van der Waals surface area contributed by atoms with Gasteiger partial charge in [-0.05, 0) is 30.3 Å². The monoisotopic (exact) mass is 612 g/mol. The predicted octanol–water partition coefficient (Wildman–Crippen LogP) is 0.552. The molecule has 0 unspecified atom stereocenters. The molecular formula is C29H29F4N4NaO5. The number of piperazine rings is 1. The number of halogens is 4. The summed E-state index contributed by atoms with van der Waals surface area (Å²) < 4.78 is 67.6. The largest absolute Gasteiger partial charge is 1.00 e. The quantitative estimate of drug-likeness (QED) is 0.295. The van der Waals surface area contributed by atoms with E-state index < -0.39 is 41.7 Å². The number of methoxy groups -OCH3 is 2. The molecule has 0 spiro atoms. The molecule has 1 saturated heterocycles. The summed E-state index contributed by atoms with van der Waals surface area (Å²) in [6.45, 7) is 1.76. The van der Waals surface area contributed by atoms with Crippen molar-refractivity contribution in [1.82, 2.24) is 4.90 Å². The van der Waals surface area contributed by atoms with E-state index in [4.69, 9.17) is 9.47 Å². The Morgan fingerprint density at radius 2 is 1.63 bits per heavy atom. The molecule has 2 heterocycles. The van der Waals surface area contributed by atoms with Crippen LogP contribution in [0.3, 0.4) is 0 Å². The van der Waals surface area contributed by atoms with Gasteiger partial charge >= 0.3 is 35.7 Å². The Labute approximate surface area is 267 Å². The van der Waals surface area contributed by atoms with E-state index in [2.05, 4.69) is 9.89 Å². The molecule has 0 aliphatic carbocycles. The number of para-hydroxylation sites is 2. The Hall–Kier alpha value is -3.52. The molecule has 14 heteroatoms. The van der Waals surface area contributed by atoms with Crippen molar-refractivity contribution in [1.29, 1.82) is 0 Å². The van der Waals surface area contributed by atoms with Gasteiger partial charge in [0, 0.05) is 55.9 Å². The maximum Gasteiger partial charge on any atom is 1.00 e. The summed E-state index contributed by atoms with van der Waals surface area (Å²) in [4.78, 5) is 21.8. The number of fused-ring (bicyclic) bond motifs is 1. The van der Waals surface area contributed by atoms with Crippen molar-refractivity contribution in [3.63, 3.8) is 0 Å². The second kappa shape index (κ2) is 13.8. The Balaban J connectivity index is 0.00000253. The van der Waals surface area contributed by atoms with Crippen LogP contribution in [-0.2, 0) is 11.0 Å². The number of aliphatic imine (C=N–C) groups is 1. The molecule has 3 aromatic carbocycles. The third kappa shape index (κ3) is 6.85. The minimum atomic E-state index is -4.75. The molecule has 2 N–H and O–H groups in total. The fourth-order valence-corrected chi connectivity index (χ4v) is 5.33. The second-order valence-corrected chi connectivity index (χ2v) is 9.58. The predicted molar refractivity (Wildman–Crippen MR) is 147 cm³/mol. The zero-order chi connectivity index (χ0) is 29.3. The molecule has 5 rings (SSSR count). The summed E-state index contributed by atoms with van der Waals surface area (Å²) in [6.07, 6.45) is -5.37. The Kier molecular flexibility index (Phi) is 10.9. The van der Waals surface area contributed by atoms with Gasteiger partial charge in [0.2, 0.25) is 5.96 Å². The number of hydrogen-bond donors (Lipinski definition) is 0. The zero-order valence-electron chi connectivity index (χ0n) is 23.8. The maximum absolute atomic E-state index is 15.1. The van der Waals surface area contributed by atoms with E-state index in [1.807, 2.05) is 29.2 Å². The first-order chi connectivity index (χ1) is 19.6. The number of aliphatic carboxylic acids is 1. The van der Waals surface area contributed by atoms with Gasteiger partial charge < -0.3 is 39.6 Å². The molecule has 3 aromatic rings. The maximum atomic E-state index is 15.1. The van der Waals surface area contributed by atoms with Crippen LogP contribution in [0.15, 0.2) is 65.7 Å². The molecule has 2 aliphatic rings. The van der Waals surface area contributed by atoms with Gasteiger partial charge in [-0.3, -0.25) is 0 Å². The molecule has 0 saturated carbocycles. The van der Waals surface area contributed by atoms with Crippen molar-refractivity contribution in [3.8, 4) is 11.5 Å². The van der Waals surface area contributed by atoms with Gasteiger partial charge in [-0.2, -0.15) is 13.2 Å². The minimum absolute atomic E-state index is 0. The fourth-order valence-electron chi connectivity index (χ4n) is 5.33. The van der Waals surface area contributed by atoms with Crippen molar-refractivity contribution in [2.24, 2.45) is 4.99 Å². The van der Waals surface area contributed by atoms with Crippen LogP contribution in [0.25, 0.3) is 0 Å². The number of rotatable bonds is 6. The van der Waals surface area contributed by atoms with Crippen LogP contribution in [0.1, 0.15) is 23.6 Å². The normalized spacial score (nSPS) is 16.4. The number of carbonyl (C=O) groups excluding carboxylic acids is 1. The number of carboxylic acid groups (broad SMARTS) is 1. The van der Waals surface area contributed by atoms with E-state index in [9.17, 15) is 23.1 Å². The van der Waals surface area contributed by atoms with Crippen LogP contribution < -0.4 is 53.9 Å². The number of carboxylic acids is 1. The fraction of sp³-hybridized carbons (Fsp3) is 0.310. The first-order valence-corrected chi connectivity index (χ1v) is 12.9. The third-order valence-electron chi connectivity index (χ3n) is 7.22. The number of carbonyl (C=O) groups is 1. The molecule has 0 bridgehead atoms. The van der Waals surface area contributed by atoms with Crippen LogP contribution in [0.4, 0.5) is 34.6 Å². The molecule has 1 fully saturated rings. The summed E-state index contributed by atoms with van der Waals surface area (Å²) in [5, 5.41) is 11.9. The van der Waals surface area contributed by atoms with Gasteiger partial charge in [-0.1, -0.05) is 24.3 Å². The van der Waals surface area contributed by atoms with Gasteiger partial charge in [0.15, 0.2) is 5.75 Å². The van der Waals surface area contributed by atoms with Gasteiger partial charge in [0.25, 0.3) is 0 Å². The summed E-state index contributed by atoms with van der Waals surface area (Å²) in [6, 6.07) is 14.1. The SMILES string of the molecule is COc1cccc(N2CCN(C3=Nc4c(F)cccc4[C@H](CC(=O)[O-])N3c3cccc(C(F)(F)F)c3OC)CC2)c1.O.[Na+]. The molecule has 9 nitrogen and oxygen atoms in total. The summed E-state index contributed by atoms with van der Waals surface area (Å²) in [5.41, 5.74) is 0.00481. The van der Waals surface area contributed by atoms with Crippen LogP contribution >= 0.6 is 0 Å². The molecule has 0 amide bonds. The molecule has 0 radical (unpaired) electrons. The van der Waals surface area contributed by atoms with Crippen LogP contribution in [0.2, 0.25) is 0 Å². The standard InChI is InChI=1S/C29H28F4N4O4.Na.H2O/c1-40-19-7-3-6-18(16-19)35-12-14-36(15-13-35)28-34-26-20(8-4-10-22(26)30)24(17-25(38)39)37(28)23-11-5-9-21(27(23)41-2)29(31,32)33;;/h3-11,16,24H,12-15,17H2,1-2H3,(H,38,39);;1H2/q;+1;/p-1/t24-;;/m0../s1. The van der Waals surface area contributed by atoms with Gasteiger partial charge in [0.05, 0.1) is 31.5 Å². The van der Waals surface area contributed by atoms with Gasteiger partial charge in [-0.15, -0.1) is 0 Å². The van der Waals surface area contributed by atoms with E-state index >= 15 is 4.39 Å². The molecule has 43 heavy (non-hydrogen) atoms. The molecular weight excluding hydrogens is 583 g/mol. The van der Waals surface area contributed by atoms with Crippen molar-refractivity contribution < 1.29 is 72.0 Å². The Morgan fingerprint density at radius 1 is 0.977 bits per heavy atom. The van der Waals surface area contributed by atoms with Crippen molar-refractivity contribution >= 4 is 29.0 Å². The van der Waals surface area contributed by atoms with Crippen LogP contribution in [0.5, 0.6) is 11.5 Å². The molecule has 2 aliphatic heterocycles. The number of anilines is 2. The number of nitrogens with zero attached hydrogens (tertiary/aromatic N) is 4. The second-order valence-electron chi connectivity index (χ2n) is 9.58. The summed E-state index contributed by atoms with van der Waals surface area (Å²) in [5.74, 6) is -1.80. The van der Waals surface area contributed by atoms with Crippen molar-refractivity contribution in [2.75, 3.05) is 50.2 Å². The van der Waals surface area contributed by atoms with Gasteiger partial charge in [-0.25, -0.2) is 9.38 Å². The zero-order valence-corrected chi connectivity index (χ0v) is 25.8. The van der Waals surface area contributed by atoms with E-state index in [0.29, 0.717) is 31.9 Å². The van der Waals surface area contributed by atoms with Crippen LogP contribution in [-0.4, -0.2) is 62.7 Å². The van der Waals surface area contributed by atoms with Crippen molar-refractivity contribution in [2.45, 2.75) is 18.6 Å². The Bertz CT molecular complexity index is 1480. The van der Waals surface area contributed by atoms with E-state index in [0.717, 1.165) is 18.9 Å². The van der Waals surface area contributed by atoms with E-state index in [1.54, 1.807) is 7.11 Å². The summed E-state index contributed by atoms with van der Waals surface area (Å²) >= 11 is 0. The van der Waals surface area contributed by atoms with E-state index in [-0.39, 0.29) is 57.9 Å². The summed E-state index contributed by atoms with van der Waals surface area (Å²) in [7, 11) is 2.69. The van der Waals surface area contributed by atoms with Crippen LogP contribution in [0, 0.1) is 5.82 Å². The third-order valence-corrected chi connectivity index (χ3v) is 7.22. The molecule has 0 aromatic heterocycles. The number of alkyl halides is 3. The number of ether oxygens (including phenoxy) is 2. The smallest absolute Gasteiger partial charge is 0.550 e. The molecule has 1 atom stereocenters. The first kappa shape index (κ1) is 34.0.